The molecule has 0 aliphatic rings. The Balaban J connectivity index is 1.64. The molecule has 0 saturated carbocycles. The first-order valence-electron chi connectivity index (χ1n) is 7.57. The molecular weight excluding hydrogens is 338 g/mol. The van der Waals surface area contributed by atoms with Gasteiger partial charge in [-0.3, -0.25) is 4.79 Å². The number of amides is 1. The van der Waals surface area contributed by atoms with E-state index in [2.05, 4.69) is 17.1 Å². The Kier molecular flexibility index (Phi) is 4.15. The second-order valence-corrected chi connectivity index (χ2v) is 7.48. The van der Waals surface area contributed by atoms with Crippen molar-refractivity contribution in [2.75, 3.05) is 0 Å². The van der Waals surface area contributed by atoms with Gasteiger partial charge in [0.15, 0.2) is 0 Å². The molecule has 0 radical (unpaired) electrons. The van der Waals surface area contributed by atoms with E-state index in [1.807, 2.05) is 56.6 Å². The maximum atomic E-state index is 13.0. The second kappa shape index (κ2) is 6.59. The molecule has 0 atom stereocenters. The highest BCUT2D eigenvalue weighted by Crippen LogP contribution is 2.19. The summed E-state index contributed by atoms with van der Waals surface area (Å²) in [5.74, 6) is -0.0412. The molecule has 24 heavy (non-hydrogen) atoms. The molecule has 0 aromatic carbocycles. The number of carbonyl (C=O) groups excluding carboxylic acids is 1. The number of rotatable bonds is 5. The summed E-state index contributed by atoms with van der Waals surface area (Å²) < 4.78 is 1.88. The molecule has 0 bridgehead atoms. The van der Waals surface area contributed by atoms with Gasteiger partial charge in [-0.25, -0.2) is 4.98 Å². The molecule has 4 rings (SSSR count). The van der Waals surface area contributed by atoms with Crippen molar-refractivity contribution in [1.82, 2.24) is 14.3 Å². The van der Waals surface area contributed by atoms with E-state index in [-0.39, 0.29) is 5.91 Å². The van der Waals surface area contributed by atoms with Crippen molar-refractivity contribution < 1.29 is 4.79 Å². The van der Waals surface area contributed by atoms with Gasteiger partial charge in [0.1, 0.15) is 11.3 Å². The number of carbonyl (C=O) groups is 1. The molecule has 4 aromatic heterocycles. The Bertz CT molecular complexity index is 873. The molecule has 0 spiro atoms. The summed E-state index contributed by atoms with van der Waals surface area (Å²) in [6.45, 7) is 1.20. The van der Waals surface area contributed by atoms with Crippen LogP contribution in [0.2, 0.25) is 0 Å². The van der Waals surface area contributed by atoms with Gasteiger partial charge in [0.25, 0.3) is 5.91 Å². The van der Waals surface area contributed by atoms with E-state index in [1.165, 1.54) is 9.75 Å². The standard InChI is InChI=1S/C18H15N3OS2/c22-18(16-13-20-8-2-1-7-17(20)19-16)21(11-14-5-3-9-23-14)12-15-6-4-10-24-15/h1-10,13H,11-12H2. The first-order valence-corrected chi connectivity index (χ1v) is 9.33. The van der Waals surface area contributed by atoms with Crippen LogP contribution in [-0.2, 0) is 13.1 Å². The summed E-state index contributed by atoms with van der Waals surface area (Å²) in [6.07, 6.45) is 3.70. The highest BCUT2D eigenvalue weighted by atomic mass is 32.1. The summed E-state index contributed by atoms with van der Waals surface area (Å²) in [6, 6.07) is 13.9. The first kappa shape index (κ1) is 15.1. The third-order valence-electron chi connectivity index (χ3n) is 3.72. The van der Waals surface area contributed by atoms with Gasteiger partial charge in [0, 0.05) is 22.1 Å². The second-order valence-electron chi connectivity index (χ2n) is 5.41. The van der Waals surface area contributed by atoms with Crippen LogP contribution in [0, 0.1) is 0 Å². The van der Waals surface area contributed by atoms with Crippen LogP contribution in [0.5, 0.6) is 0 Å². The molecule has 0 fully saturated rings. The minimum Gasteiger partial charge on any atom is -0.327 e. The summed E-state index contributed by atoms with van der Waals surface area (Å²) in [5.41, 5.74) is 1.27. The molecule has 1 amide bonds. The fourth-order valence-electron chi connectivity index (χ4n) is 2.58. The number of nitrogens with zero attached hydrogens (tertiary/aromatic N) is 3. The van der Waals surface area contributed by atoms with Gasteiger partial charge in [0.05, 0.1) is 13.1 Å². The number of hydrogen-bond donors (Lipinski definition) is 0. The van der Waals surface area contributed by atoms with Crippen molar-refractivity contribution in [1.29, 1.82) is 0 Å². The van der Waals surface area contributed by atoms with Crippen LogP contribution in [-0.4, -0.2) is 20.2 Å². The SMILES string of the molecule is O=C(c1cn2ccccc2n1)N(Cc1cccs1)Cc1cccs1. The molecule has 0 unspecified atom stereocenters. The van der Waals surface area contributed by atoms with Gasteiger partial charge in [-0.15, -0.1) is 22.7 Å². The van der Waals surface area contributed by atoms with Crippen LogP contribution in [0.4, 0.5) is 0 Å². The summed E-state index contributed by atoms with van der Waals surface area (Å²) in [4.78, 5) is 21.7. The lowest BCUT2D eigenvalue weighted by Crippen LogP contribution is -2.29. The molecule has 0 aliphatic carbocycles. The summed E-state index contributed by atoms with van der Waals surface area (Å²) >= 11 is 3.33. The molecular formula is C18H15N3OS2. The predicted octanol–water partition coefficient (Wildman–Crippen LogP) is 4.30. The lowest BCUT2D eigenvalue weighted by Gasteiger charge is -2.20. The minimum atomic E-state index is -0.0412. The van der Waals surface area contributed by atoms with Gasteiger partial charge in [0.2, 0.25) is 0 Å². The molecule has 0 N–H and O–H groups in total. The number of hydrogen-bond acceptors (Lipinski definition) is 4. The first-order chi connectivity index (χ1) is 11.8. The van der Waals surface area contributed by atoms with Crippen molar-refractivity contribution in [2.45, 2.75) is 13.1 Å². The van der Waals surface area contributed by atoms with E-state index in [1.54, 1.807) is 28.9 Å². The number of fused-ring (bicyclic) bond motifs is 1. The van der Waals surface area contributed by atoms with E-state index >= 15 is 0 Å². The van der Waals surface area contributed by atoms with Crippen molar-refractivity contribution in [3.05, 3.63) is 81.1 Å². The van der Waals surface area contributed by atoms with Crippen molar-refractivity contribution in [2.24, 2.45) is 0 Å². The number of pyridine rings is 1. The quantitative estimate of drug-likeness (QED) is 0.536. The van der Waals surface area contributed by atoms with Gasteiger partial charge >= 0.3 is 0 Å². The smallest absolute Gasteiger partial charge is 0.274 e. The third kappa shape index (κ3) is 3.11. The lowest BCUT2D eigenvalue weighted by molar-refractivity contribution is 0.0728. The van der Waals surface area contributed by atoms with Crippen LogP contribution in [0.25, 0.3) is 5.65 Å². The average molecular weight is 353 g/mol. The molecule has 4 heterocycles. The van der Waals surface area contributed by atoms with E-state index in [4.69, 9.17) is 0 Å². The highest BCUT2D eigenvalue weighted by molar-refractivity contribution is 7.10. The lowest BCUT2D eigenvalue weighted by atomic mass is 10.3. The third-order valence-corrected chi connectivity index (χ3v) is 5.45. The van der Waals surface area contributed by atoms with Gasteiger partial charge < -0.3 is 9.30 Å². The van der Waals surface area contributed by atoms with E-state index in [9.17, 15) is 4.79 Å². The zero-order valence-electron chi connectivity index (χ0n) is 12.8. The van der Waals surface area contributed by atoms with E-state index in [0.29, 0.717) is 18.8 Å². The van der Waals surface area contributed by atoms with Crippen LogP contribution >= 0.6 is 22.7 Å². The van der Waals surface area contributed by atoms with Crippen molar-refractivity contribution in [3.63, 3.8) is 0 Å². The summed E-state index contributed by atoms with van der Waals surface area (Å²) in [7, 11) is 0. The fourth-order valence-corrected chi connectivity index (χ4v) is 4.02. The minimum absolute atomic E-state index is 0.0412. The highest BCUT2D eigenvalue weighted by Gasteiger charge is 2.20. The van der Waals surface area contributed by atoms with Crippen LogP contribution in [0.1, 0.15) is 20.2 Å². The maximum absolute atomic E-state index is 13.0. The zero-order chi connectivity index (χ0) is 16.4. The maximum Gasteiger partial charge on any atom is 0.274 e. The Hall–Kier alpha value is -2.44. The average Bonchev–Trinajstić information content (AvgIpc) is 3.34. The van der Waals surface area contributed by atoms with Crippen LogP contribution in [0.3, 0.4) is 0 Å². The normalized spacial score (nSPS) is 11.0. The monoisotopic (exact) mass is 353 g/mol. The molecule has 0 saturated heterocycles. The topological polar surface area (TPSA) is 37.6 Å². The van der Waals surface area contributed by atoms with Gasteiger partial charge in [-0.1, -0.05) is 18.2 Å². The van der Waals surface area contributed by atoms with Crippen LogP contribution in [0.15, 0.2) is 65.6 Å². The fraction of sp³-hybridized carbons (Fsp3) is 0.111. The Morgan fingerprint density at radius 2 is 1.71 bits per heavy atom. The van der Waals surface area contributed by atoms with E-state index < -0.39 is 0 Å². The molecule has 120 valence electrons. The van der Waals surface area contributed by atoms with Crippen LogP contribution < -0.4 is 0 Å². The molecule has 0 aliphatic heterocycles. The predicted molar refractivity (Wildman–Crippen MR) is 97.4 cm³/mol. The molecule has 4 aromatic rings. The number of aromatic nitrogens is 2. The van der Waals surface area contributed by atoms with Gasteiger partial charge in [-0.05, 0) is 35.0 Å². The van der Waals surface area contributed by atoms with Crippen molar-refractivity contribution in [3.8, 4) is 0 Å². The number of thiophene rings is 2. The Morgan fingerprint density at radius 1 is 1.00 bits per heavy atom. The Morgan fingerprint density at radius 3 is 2.29 bits per heavy atom. The molecule has 6 heteroatoms. The molecule has 4 nitrogen and oxygen atoms in total. The summed E-state index contributed by atoms with van der Waals surface area (Å²) in [5, 5.41) is 4.07. The van der Waals surface area contributed by atoms with Gasteiger partial charge in [-0.2, -0.15) is 0 Å². The Labute approximate surface area is 147 Å². The van der Waals surface area contributed by atoms with E-state index in [0.717, 1.165) is 5.65 Å². The zero-order valence-corrected chi connectivity index (χ0v) is 14.5. The van der Waals surface area contributed by atoms with Crippen molar-refractivity contribution >= 4 is 34.2 Å². The largest absolute Gasteiger partial charge is 0.327 e. The number of imidazole rings is 1.